The molecule has 1 atom stereocenters. The SMILES string of the molecule is Cc1cc(C)nc(NC(=O)C(C)n2nc(-c3cccnc3)ccc2=O)n1. The van der Waals surface area contributed by atoms with Crippen molar-refractivity contribution in [2.24, 2.45) is 0 Å². The van der Waals surface area contributed by atoms with Crippen LogP contribution in [0.25, 0.3) is 11.3 Å². The van der Waals surface area contributed by atoms with Gasteiger partial charge in [-0.05, 0) is 45.0 Å². The number of hydrogen-bond acceptors (Lipinski definition) is 6. The molecule has 1 amide bonds. The van der Waals surface area contributed by atoms with Crippen LogP contribution in [0.3, 0.4) is 0 Å². The van der Waals surface area contributed by atoms with Crippen LogP contribution in [0.1, 0.15) is 24.4 Å². The molecule has 26 heavy (non-hydrogen) atoms. The van der Waals surface area contributed by atoms with Crippen LogP contribution >= 0.6 is 0 Å². The topological polar surface area (TPSA) is 103 Å². The van der Waals surface area contributed by atoms with E-state index in [2.05, 4.69) is 25.4 Å². The highest BCUT2D eigenvalue weighted by atomic mass is 16.2. The minimum atomic E-state index is -0.830. The normalized spacial score (nSPS) is 11.8. The molecular formula is C18H18N6O2. The first-order valence-electron chi connectivity index (χ1n) is 8.07. The number of rotatable bonds is 4. The van der Waals surface area contributed by atoms with Gasteiger partial charge in [0, 0.05) is 35.4 Å². The van der Waals surface area contributed by atoms with Gasteiger partial charge in [-0.15, -0.1) is 0 Å². The van der Waals surface area contributed by atoms with Crippen molar-refractivity contribution in [1.29, 1.82) is 0 Å². The summed E-state index contributed by atoms with van der Waals surface area (Å²) < 4.78 is 1.14. The van der Waals surface area contributed by atoms with Crippen LogP contribution in [0.5, 0.6) is 0 Å². The van der Waals surface area contributed by atoms with Crippen LogP contribution in [0.2, 0.25) is 0 Å². The zero-order chi connectivity index (χ0) is 18.7. The number of anilines is 1. The summed E-state index contributed by atoms with van der Waals surface area (Å²) in [5.74, 6) is -0.219. The molecule has 3 aromatic heterocycles. The second-order valence-corrected chi connectivity index (χ2v) is 5.88. The lowest BCUT2D eigenvalue weighted by atomic mass is 10.2. The van der Waals surface area contributed by atoms with Crippen molar-refractivity contribution in [2.45, 2.75) is 26.8 Å². The summed E-state index contributed by atoms with van der Waals surface area (Å²) in [7, 11) is 0. The highest BCUT2D eigenvalue weighted by Gasteiger charge is 2.19. The molecule has 1 unspecified atom stereocenters. The maximum atomic E-state index is 12.5. The molecule has 0 aliphatic rings. The number of nitrogens with one attached hydrogen (secondary N) is 1. The predicted molar refractivity (Wildman–Crippen MR) is 96.6 cm³/mol. The van der Waals surface area contributed by atoms with Gasteiger partial charge in [0.1, 0.15) is 6.04 Å². The summed E-state index contributed by atoms with van der Waals surface area (Å²) in [5.41, 5.74) is 2.43. The van der Waals surface area contributed by atoms with Gasteiger partial charge in [-0.2, -0.15) is 5.10 Å². The standard InChI is InChI=1S/C18H18N6O2/c1-11-9-12(2)21-18(20-11)22-17(26)13(3)24-16(25)7-6-15(23-24)14-5-4-8-19-10-14/h4-10,13H,1-3H3,(H,20,21,22,26). The minimum Gasteiger partial charge on any atom is -0.293 e. The van der Waals surface area contributed by atoms with Gasteiger partial charge in [0.15, 0.2) is 0 Å². The maximum Gasteiger partial charge on any atom is 0.267 e. The summed E-state index contributed by atoms with van der Waals surface area (Å²) in [6.07, 6.45) is 3.30. The summed E-state index contributed by atoms with van der Waals surface area (Å²) in [6, 6.07) is 7.57. The Labute approximate surface area is 150 Å². The number of aromatic nitrogens is 5. The van der Waals surface area contributed by atoms with E-state index in [9.17, 15) is 9.59 Å². The lowest BCUT2D eigenvalue weighted by Crippen LogP contribution is -2.33. The number of aryl methyl sites for hydroxylation is 2. The first-order chi connectivity index (χ1) is 12.4. The Balaban J connectivity index is 1.88. The Hall–Kier alpha value is -3.42. The molecule has 132 valence electrons. The van der Waals surface area contributed by atoms with E-state index in [-0.39, 0.29) is 11.5 Å². The number of pyridine rings is 1. The van der Waals surface area contributed by atoms with Crippen molar-refractivity contribution < 1.29 is 4.79 Å². The van der Waals surface area contributed by atoms with Crippen molar-refractivity contribution in [1.82, 2.24) is 24.7 Å². The van der Waals surface area contributed by atoms with Crippen molar-refractivity contribution in [2.75, 3.05) is 5.32 Å². The lowest BCUT2D eigenvalue weighted by Gasteiger charge is -2.14. The molecule has 0 bridgehead atoms. The highest BCUT2D eigenvalue weighted by molar-refractivity contribution is 5.91. The Kier molecular flexibility index (Phi) is 4.83. The van der Waals surface area contributed by atoms with Crippen molar-refractivity contribution >= 4 is 11.9 Å². The zero-order valence-corrected chi connectivity index (χ0v) is 14.7. The molecule has 0 saturated heterocycles. The minimum absolute atomic E-state index is 0.204. The molecule has 0 aliphatic carbocycles. The number of amides is 1. The van der Waals surface area contributed by atoms with Crippen LogP contribution in [0.4, 0.5) is 5.95 Å². The molecule has 1 N–H and O–H groups in total. The second-order valence-electron chi connectivity index (χ2n) is 5.88. The van der Waals surface area contributed by atoms with Crippen LogP contribution in [0, 0.1) is 13.8 Å². The van der Waals surface area contributed by atoms with Crippen LogP contribution in [-0.4, -0.2) is 30.6 Å². The smallest absolute Gasteiger partial charge is 0.267 e. The summed E-state index contributed by atoms with van der Waals surface area (Å²) in [5, 5.41) is 6.94. The quantitative estimate of drug-likeness (QED) is 0.771. The van der Waals surface area contributed by atoms with Gasteiger partial charge in [-0.3, -0.25) is 19.9 Å². The maximum absolute atomic E-state index is 12.5. The second kappa shape index (κ2) is 7.22. The molecule has 0 saturated carbocycles. The van der Waals surface area contributed by atoms with E-state index in [4.69, 9.17) is 0 Å². The molecule has 3 heterocycles. The molecule has 0 radical (unpaired) electrons. The fourth-order valence-electron chi connectivity index (χ4n) is 2.48. The van der Waals surface area contributed by atoms with Crippen LogP contribution < -0.4 is 10.9 Å². The Morgan fingerprint density at radius 3 is 2.54 bits per heavy atom. The van der Waals surface area contributed by atoms with E-state index in [1.54, 1.807) is 31.5 Å². The molecule has 0 aromatic carbocycles. The molecule has 0 fully saturated rings. The molecular weight excluding hydrogens is 332 g/mol. The van der Waals surface area contributed by atoms with Gasteiger partial charge in [-0.1, -0.05) is 0 Å². The molecule has 3 aromatic rings. The van der Waals surface area contributed by atoms with Gasteiger partial charge in [0.2, 0.25) is 5.95 Å². The van der Waals surface area contributed by atoms with Gasteiger partial charge in [-0.25, -0.2) is 14.6 Å². The van der Waals surface area contributed by atoms with Crippen molar-refractivity contribution in [3.63, 3.8) is 0 Å². The predicted octanol–water partition coefficient (Wildman–Crippen LogP) is 1.91. The number of hydrogen-bond donors (Lipinski definition) is 1. The monoisotopic (exact) mass is 350 g/mol. The summed E-state index contributed by atoms with van der Waals surface area (Å²) in [4.78, 5) is 37.1. The average Bonchev–Trinajstić information content (AvgIpc) is 2.61. The fourth-order valence-corrected chi connectivity index (χ4v) is 2.48. The highest BCUT2D eigenvalue weighted by Crippen LogP contribution is 2.14. The fraction of sp³-hybridized carbons (Fsp3) is 0.222. The first-order valence-corrected chi connectivity index (χ1v) is 8.07. The number of carbonyl (C=O) groups is 1. The van der Waals surface area contributed by atoms with Crippen LogP contribution in [0.15, 0.2) is 47.5 Å². The van der Waals surface area contributed by atoms with E-state index in [0.717, 1.165) is 21.6 Å². The third-order valence-corrected chi connectivity index (χ3v) is 3.75. The Morgan fingerprint density at radius 1 is 1.15 bits per heavy atom. The van der Waals surface area contributed by atoms with E-state index < -0.39 is 11.9 Å². The number of carbonyl (C=O) groups excluding carboxylic acids is 1. The Morgan fingerprint density at radius 2 is 1.88 bits per heavy atom. The number of nitrogens with zero attached hydrogens (tertiary/aromatic N) is 5. The van der Waals surface area contributed by atoms with Crippen molar-refractivity contribution in [3.8, 4) is 11.3 Å². The molecule has 0 aliphatic heterocycles. The average molecular weight is 350 g/mol. The largest absolute Gasteiger partial charge is 0.293 e. The van der Waals surface area contributed by atoms with Gasteiger partial charge < -0.3 is 0 Å². The van der Waals surface area contributed by atoms with Crippen molar-refractivity contribution in [3.05, 3.63) is 64.5 Å². The van der Waals surface area contributed by atoms with Gasteiger partial charge in [0.05, 0.1) is 5.69 Å². The zero-order valence-electron chi connectivity index (χ0n) is 14.7. The molecule has 0 spiro atoms. The van der Waals surface area contributed by atoms with Gasteiger partial charge in [0.25, 0.3) is 11.5 Å². The van der Waals surface area contributed by atoms with E-state index in [0.29, 0.717) is 5.69 Å². The Bertz CT molecular complexity index is 980. The van der Waals surface area contributed by atoms with E-state index in [1.165, 1.54) is 6.07 Å². The summed E-state index contributed by atoms with van der Waals surface area (Å²) in [6.45, 7) is 5.23. The van der Waals surface area contributed by atoms with Gasteiger partial charge >= 0.3 is 0 Å². The molecule has 8 heteroatoms. The lowest BCUT2D eigenvalue weighted by molar-refractivity contribution is -0.119. The molecule has 8 nitrogen and oxygen atoms in total. The van der Waals surface area contributed by atoms with Crippen LogP contribution in [-0.2, 0) is 4.79 Å². The molecule has 3 rings (SSSR count). The van der Waals surface area contributed by atoms with E-state index in [1.807, 2.05) is 26.0 Å². The summed E-state index contributed by atoms with van der Waals surface area (Å²) >= 11 is 0. The third-order valence-electron chi connectivity index (χ3n) is 3.75. The third kappa shape index (κ3) is 3.80. The van der Waals surface area contributed by atoms with E-state index >= 15 is 0 Å². The first kappa shape index (κ1) is 17.4.